The Morgan fingerprint density at radius 3 is 2.89 bits per heavy atom. The molecule has 0 bridgehead atoms. The molecule has 0 aromatic rings. The van der Waals surface area contributed by atoms with Crippen LogP contribution in [0.4, 0.5) is 0 Å². The fourth-order valence-corrected chi connectivity index (χ4v) is 0.324. The lowest BCUT2D eigenvalue weighted by Gasteiger charge is -2.05. The predicted octanol–water partition coefficient (Wildman–Crippen LogP) is -0.706. The van der Waals surface area contributed by atoms with Crippen molar-refractivity contribution in [2.24, 2.45) is 0 Å². The van der Waals surface area contributed by atoms with E-state index >= 15 is 0 Å². The molecule has 0 rings (SSSR count). The van der Waals surface area contributed by atoms with Crippen LogP contribution in [0.25, 0.3) is 0 Å². The van der Waals surface area contributed by atoms with E-state index in [0.717, 1.165) is 0 Å². The summed E-state index contributed by atoms with van der Waals surface area (Å²) in [5.74, 6) is -0.555. The lowest BCUT2D eigenvalue weighted by molar-refractivity contribution is -0.143. The van der Waals surface area contributed by atoms with Gasteiger partial charge >= 0.3 is 5.97 Å². The van der Waals surface area contributed by atoms with Gasteiger partial charge in [-0.2, -0.15) is 0 Å². The highest BCUT2D eigenvalue weighted by atomic mass is 16.5. The number of esters is 1. The third-order valence-electron chi connectivity index (χ3n) is 0.830. The second-order valence-electron chi connectivity index (χ2n) is 1.49. The number of carbonyl (C=O) groups is 2. The monoisotopic (exact) mass is 132 g/mol. The van der Waals surface area contributed by atoms with E-state index in [4.69, 9.17) is 1.37 Å². The first-order valence-corrected chi connectivity index (χ1v) is 2.43. The summed E-state index contributed by atoms with van der Waals surface area (Å²) in [6.07, 6.45) is -0.988. The van der Waals surface area contributed by atoms with E-state index in [2.05, 4.69) is 4.74 Å². The highest BCUT2D eigenvalue weighted by Gasteiger charge is 2.09. The summed E-state index contributed by atoms with van der Waals surface area (Å²) in [5.41, 5.74) is 0. The first-order valence-electron chi connectivity index (χ1n) is 2.93. The summed E-state index contributed by atoms with van der Waals surface area (Å²) in [6.45, 7) is 1.44. The van der Waals surface area contributed by atoms with Gasteiger partial charge < -0.3 is 10.1 Å². The zero-order valence-corrected chi connectivity index (χ0v) is 5.30. The zero-order chi connectivity index (χ0) is 8.15. The van der Waals surface area contributed by atoms with Gasteiger partial charge in [-0.25, -0.2) is 4.79 Å². The van der Waals surface area contributed by atoms with E-state index in [9.17, 15) is 9.59 Å². The van der Waals surface area contributed by atoms with Crippen molar-refractivity contribution in [2.45, 2.75) is 13.0 Å². The molecular formula is C5H9NO3. The van der Waals surface area contributed by atoms with Gasteiger partial charge in [0.1, 0.15) is 7.41 Å². The van der Waals surface area contributed by atoms with Crippen LogP contribution in [0.15, 0.2) is 0 Å². The van der Waals surface area contributed by atoms with Crippen molar-refractivity contribution in [1.29, 1.82) is 0 Å². The van der Waals surface area contributed by atoms with Gasteiger partial charge in [0.15, 0.2) is 0 Å². The maximum absolute atomic E-state index is 10.5. The molecule has 4 heteroatoms. The molecular weight excluding hydrogens is 122 g/mol. The van der Waals surface area contributed by atoms with Gasteiger partial charge in [-0.1, -0.05) is 0 Å². The molecule has 0 aliphatic rings. The molecule has 0 unspecified atom stereocenters. The van der Waals surface area contributed by atoms with Crippen LogP contribution in [0.3, 0.4) is 0 Å². The number of nitrogens with one attached hydrogen (secondary N) is 1. The highest BCUT2D eigenvalue weighted by molar-refractivity contribution is 5.77. The minimum atomic E-state index is -0.988. The van der Waals surface area contributed by atoms with Crippen molar-refractivity contribution < 1.29 is 15.7 Å². The molecule has 0 aliphatic heterocycles. The van der Waals surface area contributed by atoms with Crippen molar-refractivity contribution in [2.75, 3.05) is 7.11 Å². The van der Waals surface area contributed by atoms with E-state index in [0.29, 0.717) is 0 Å². The summed E-state index contributed by atoms with van der Waals surface area (Å²) in [7, 11) is 1.22. The van der Waals surface area contributed by atoms with Crippen molar-refractivity contribution in [3.63, 3.8) is 0 Å². The largest absolute Gasteiger partial charge is 0.467 e. The second kappa shape index (κ2) is 3.88. The standard InChI is InChI=1S/C5H9NO3/c1-4(6-3-7)5(8)9-2/h3-4H,1-2H3,(H,6,7)/t4-/m0/s1/i3D. The maximum atomic E-state index is 10.5. The van der Waals surface area contributed by atoms with E-state index in [1.807, 2.05) is 5.32 Å². The van der Waals surface area contributed by atoms with E-state index in [1.54, 1.807) is 0 Å². The van der Waals surface area contributed by atoms with Crippen LogP contribution < -0.4 is 5.32 Å². The Morgan fingerprint density at radius 2 is 2.56 bits per heavy atom. The van der Waals surface area contributed by atoms with Crippen LogP contribution in [0.2, 0.25) is 0 Å². The second-order valence-corrected chi connectivity index (χ2v) is 1.49. The molecule has 0 heterocycles. The molecule has 1 atom stereocenters. The summed E-state index contributed by atoms with van der Waals surface area (Å²) < 4.78 is 10.7. The summed E-state index contributed by atoms with van der Waals surface area (Å²) in [4.78, 5) is 20.5. The molecule has 1 N–H and O–H groups in total. The Labute approximate surface area is 54.6 Å². The predicted molar refractivity (Wildman–Crippen MR) is 30.7 cm³/mol. The Hall–Kier alpha value is -1.06. The van der Waals surface area contributed by atoms with Crippen molar-refractivity contribution in [1.82, 2.24) is 5.32 Å². The third-order valence-corrected chi connectivity index (χ3v) is 0.830. The van der Waals surface area contributed by atoms with Gasteiger partial charge in [0.2, 0.25) is 6.39 Å². The van der Waals surface area contributed by atoms with Gasteiger partial charge in [-0.05, 0) is 6.92 Å². The molecule has 1 amide bonds. The van der Waals surface area contributed by atoms with Crippen LogP contribution in [0.1, 0.15) is 8.29 Å². The number of ether oxygens (including phenoxy) is 1. The average molecular weight is 132 g/mol. The van der Waals surface area contributed by atoms with Gasteiger partial charge in [0.25, 0.3) is 0 Å². The molecule has 0 fully saturated rings. The van der Waals surface area contributed by atoms with Crippen LogP contribution >= 0.6 is 0 Å². The number of rotatable bonds is 2. The van der Waals surface area contributed by atoms with E-state index in [-0.39, 0.29) is 0 Å². The zero-order valence-electron chi connectivity index (χ0n) is 6.30. The molecule has 0 aromatic heterocycles. The Morgan fingerprint density at radius 1 is 2.00 bits per heavy atom. The first-order chi connectivity index (χ1) is 4.57. The molecule has 4 nitrogen and oxygen atoms in total. The number of carbonyl (C=O) groups excluding carboxylic acids is 2. The van der Waals surface area contributed by atoms with Crippen molar-refractivity contribution in [3.8, 4) is 0 Å². The number of amides is 1. The number of hydrogen-bond acceptors (Lipinski definition) is 3. The van der Waals surface area contributed by atoms with Gasteiger partial charge in [-0.3, -0.25) is 4.79 Å². The number of methoxy groups -OCH3 is 1. The smallest absolute Gasteiger partial charge is 0.328 e. The Balaban J connectivity index is 3.72. The average Bonchev–Trinajstić information content (AvgIpc) is 1.85. The molecule has 0 saturated heterocycles. The van der Waals surface area contributed by atoms with Crippen LogP contribution in [-0.4, -0.2) is 25.5 Å². The minimum absolute atomic E-state index is 0.555. The van der Waals surface area contributed by atoms with Crippen LogP contribution in [-0.2, 0) is 14.3 Å². The molecule has 0 radical (unpaired) electrons. The highest BCUT2D eigenvalue weighted by Crippen LogP contribution is 1.81. The van der Waals surface area contributed by atoms with Crippen LogP contribution in [0.5, 0.6) is 0 Å². The SMILES string of the molecule is [2H]C(=O)N[C@@H](C)C(=O)OC. The lowest BCUT2D eigenvalue weighted by Crippen LogP contribution is -2.33. The normalized spacial score (nSPS) is 13.3. The maximum Gasteiger partial charge on any atom is 0.328 e. The third kappa shape index (κ3) is 2.69. The summed E-state index contributed by atoms with van der Waals surface area (Å²) in [6, 6.07) is -0.741. The molecule has 0 saturated carbocycles. The molecule has 9 heavy (non-hydrogen) atoms. The van der Waals surface area contributed by atoms with Gasteiger partial charge in [0, 0.05) is 0 Å². The number of hydrogen-bond donors (Lipinski definition) is 1. The van der Waals surface area contributed by atoms with Gasteiger partial charge in [-0.15, -0.1) is 0 Å². The van der Waals surface area contributed by atoms with E-state index < -0.39 is 18.4 Å². The van der Waals surface area contributed by atoms with E-state index in [1.165, 1.54) is 14.0 Å². The molecule has 52 valence electrons. The molecule has 0 aliphatic carbocycles. The fourth-order valence-electron chi connectivity index (χ4n) is 0.324. The van der Waals surface area contributed by atoms with Crippen LogP contribution in [0, 0.1) is 0 Å². The summed E-state index contributed by atoms with van der Waals surface area (Å²) >= 11 is 0. The quantitative estimate of drug-likeness (QED) is 0.399. The summed E-state index contributed by atoms with van der Waals surface area (Å²) in [5, 5.41) is 2.05. The Kier molecular flexibility index (Phi) is 2.62. The lowest BCUT2D eigenvalue weighted by atomic mass is 10.4. The fraction of sp³-hybridized carbons (Fsp3) is 0.600. The van der Waals surface area contributed by atoms with Crippen molar-refractivity contribution in [3.05, 3.63) is 0 Å². The first kappa shape index (κ1) is 6.07. The van der Waals surface area contributed by atoms with Crippen molar-refractivity contribution >= 4 is 12.4 Å². The topological polar surface area (TPSA) is 55.4 Å². The molecule has 0 spiro atoms. The Bertz CT molecular complexity index is 148. The minimum Gasteiger partial charge on any atom is -0.467 e. The molecule has 0 aromatic carbocycles. The van der Waals surface area contributed by atoms with Gasteiger partial charge in [0.05, 0.1) is 7.11 Å².